The summed E-state index contributed by atoms with van der Waals surface area (Å²) in [6.07, 6.45) is 0. The number of furan rings is 2. The average molecular weight is 729 g/mol. The summed E-state index contributed by atoms with van der Waals surface area (Å²) < 4.78 is 15.3. The smallest absolute Gasteiger partial charge is 0.136 e. The quantitative estimate of drug-likeness (QED) is 0.177. The summed E-state index contributed by atoms with van der Waals surface area (Å²) in [6.45, 7) is 0. The Morgan fingerprint density at radius 2 is 1.00 bits per heavy atom. The Bertz CT molecular complexity index is 3520. The minimum Gasteiger partial charge on any atom is -0.456 e. The third-order valence-electron chi connectivity index (χ3n) is 11.4. The molecule has 12 aromatic rings. The summed E-state index contributed by atoms with van der Waals surface area (Å²) in [7, 11) is 0. The number of para-hydroxylation sites is 4. The number of benzene rings is 8. The molecule has 8 aromatic carbocycles. The number of hydrogen-bond acceptors (Lipinski definition) is 3. The molecule has 0 aliphatic rings. The topological polar surface area (TPSA) is 44.1 Å². The van der Waals surface area contributed by atoms with Crippen LogP contribution in [0.4, 0.5) is 0 Å². The van der Waals surface area contributed by atoms with Gasteiger partial charge in [0.15, 0.2) is 0 Å². The molecule has 4 heteroatoms. The summed E-state index contributed by atoms with van der Waals surface area (Å²) in [5, 5.41) is 6.78. The molecule has 0 amide bonds. The number of pyridine rings is 1. The van der Waals surface area contributed by atoms with Crippen molar-refractivity contribution < 1.29 is 8.83 Å². The maximum atomic E-state index is 6.60. The SMILES string of the molecule is c1ccc(-c2cc(-c3ccc4c(c3)oc3ccccc34)cc(-c3cccc4oc5ccc(-c6cccc7c8ccccc8n(-c8ccccc8)c67)cc5c34)n2)cc1. The van der Waals surface area contributed by atoms with Gasteiger partial charge in [0.25, 0.3) is 0 Å². The van der Waals surface area contributed by atoms with E-state index in [-0.39, 0.29) is 0 Å². The molecule has 0 radical (unpaired) electrons. The van der Waals surface area contributed by atoms with Gasteiger partial charge < -0.3 is 13.4 Å². The molecule has 0 N–H and O–H groups in total. The highest BCUT2D eigenvalue weighted by Crippen LogP contribution is 2.43. The first-order valence-electron chi connectivity index (χ1n) is 19.3. The maximum absolute atomic E-state index is 6.60. The standard InChI is InChI=1S/C53H32N2O2/c1-3-13-33(14-4-1)45-30-36(34-25-27-41-40-18-8-10-23-48(40)57-51(41)32-34)31-46(54-45)43-21-12-24-50-52(43)44-29-35(26-28-49(44)56-50)38-19-11-20-42-39-17-7-9-22-47(39)55(53(38)42)37-15-5-2-6-16-37/h1-32H. The zero-order valence-electron chi connectivity index (χ0n) is 30.7. The molecule has 4 heterocycles. The van der Waals surface area contributed by atoms with Gasteiger partial charge in [-0.05, 0) is 83.4 Å². The minimum absolute atomic E-state index is 0.827. The fourth-order valence-corrected chi connectivity index (χ4v) is 8.80. The van der Waals surface area contributed by atoms with E-state index in [0.717, 1.165) is 94.3 Å². The van der Waals surface area contributed by atoms with Gasteiger partial charge in [0.1, 0.15) is 22.3 Å². The zero-order chi connectivity index (χ0) is 37.5. The van der Waals surface area contributed by atoms with E-state index >= 15 is 0 Å². The maximum Gasteiger partial charge on any atom is 0.136 e. The Morgan fingerprint density at radius 1 is 0.351 bits per heavy atom. The van der Waals surface area contributed by atoms with Gasteiger partial charge in [-0.3, -0.25) is 0 Å². The third-order valence-corrected chi connectivity index (χ3v) is 11.4. The van der Waals surface area contributed by atoms with Gasteiger partial charge in [0.05, 0.1) is 22.4 Å². The largest absolute Gasteiger partial charge is 0.456 e. The fraction of sp³-hybridized carbons (Fsp3) is 0. The first-order valence-corrected chi connectivity index (χ1v) is 19.3. The molecule has 0 aliphatic carbocycles. The van der Waals surface area contributed by atoms with Crippen LogP contribution in [0, 0.1) is 0 Å². The van der Waals surface area contributed by atoms with E-state index in [4.69, 9.17) is 13.8 Å². The molecule has 12 rings (SSSR count). The third kappa shape index (κ3) is 4.98. The van der Waals surface area contributed by atoms with Crippen molar-refractivity contribution in [3.8, 4) is 50.5 Å². The molecule has 0 aliphatic heterocycles. The molecule has 0 atom stereocenters. The van der Waals surface area contributed by atoms with Crippen molar-refractivity contribution >= 4 is 65.7 Å². The molecule has 0 saturated heterocycles. The van der Waals surface area contributed by atoms with Crippen LogP contribution in [0.1, 0.15) is 0 Å². The van der Waals surface area contributed by atoms with Crippen molar-refractivity contribution in [1.82, 2.24) is 9.55 Å². The Morgan fingerprint density at radius 3 is 1.89 bits per heavy atom. The molecule has 0 saturated carbocycles. The Labute approximate surface area is 327 Å². The molecular formula is C53H32N2O2. The van der Waals surface area contributed by atoms with Gasteiger partial charge in [0, 0.05) is 54.7 Å². The number of aromatic nitrogens is 2. The van der Waals surface area contributed by atoms with Gasteiger partial charge in [0.2, 0.25) is 0 Å². The summed E-state index contributed by atoms with van der Waals surface area (Å²) in [6, 6.07) is 68.4. The van der Waals surface area contributed by atoms with E-state index in [9.17, 15) is 0 Å². The van der Waals surface area contributed by atoms with Crippen molar-refractivity contribution in [2.24, 2.45) is 0 Å². The Hall–Kier alpha value is -7.69. The van der Waals surface area contributed by atoms with Crippen molar-refractivity contribution in [2.45, 2.75) is 0 Å². The lowest BCUT2D eigenvalue weighted by Gasteiger charge is -2.12. The summed E-state index contributed by atoms with van der Waals surface area (Å²) >= 11 is 0. The minimum atomic E-state index is 0.827. The Balaban J connectivity index is 1.08. The van der Waals surface area contributed by atoms with Crippen LogP contribution < -0.4 is 0 Å². The highest BCUT2D eigenvalue weighted by molar-refractivity contribution is 6.16. The van der Waals surface area contributed by atoms with Crippen LogP contribution in [0.5, 0.6) is 0 Å². The average Bonchev–Trinajstić information content (AvgIpc) is 3.96. The van der Waals surface area contributed by atoms with Crippen molar-refractivity contribution in [1.29, 1.82) is 0 Å². The lowest BCUT2D eigenvalue weighted by molar-refractivity contribution is 0.668. The first-order chi connectivity index (χ1) is 28.2. The molecular weight excluding hydrogens is 697 g/mol. The van der Waals surface area contributed by atoms with Crippen LogP contribution in [-0.2, 0) is 0 Å². The highest BCUT2D eigenvalue weighted by Gasteiger charge is 2.20. The van der Waals surface area contributed by atoms with Gasteiger partial charge in [-0.2, -0.15) is 0 Å². The molecule has 4 aromatic heterocycles. The molecule has 0 bridgehead atoms. The highest BCUT2D eigenvalue weighted by atomic mass is 16.3. The Kier molecular flexibility index (Phi) is 6.89. The number of fused-ring (bicyclic) bond motifs is 9. The van der Waals surface area contributed by atoms with E-state index in [2.05, 4.69) is 180 Å². The van der Waals surface area contributed by atoms with Gasteiger partial charge in [-0.15, -0.1) is 0 Å². The van der Waals surface area contributed by atoms with Crippen LogP contribution in [0.15, 0.2) is 203 Å². The van der Waals surface area contributed by atoms with Gasteiger partial charge >= 0.3 is 0 Å². The molecule has 266 valence electrons. The number of nitrogens with zero attached hydrogens (tertiary/aromatic N) is 2. The first kappa shape index (κ1) is 31.6. The molecule has 0 fully saturated rings. The van der Waals surface area contributed by atoms with Crippen molar-refractivity contribution in [3.05, 3.63) is 194 Å². The van der Waals surface area contributed by atoms with E-state index in [1.807, 2.05) is 18.2 Å². The van der Waals surface area contributed by atoms with Gasteiger partial charge in [-0.1, -0.05) is 127 Å². The predicted molar refractivity (Wildman–Crippen MR) is 235 cm³/mol. The van der Waals surface area contributed by atoms with E-state index < -0.39 is 0 Å². The van der Waals surface area contributed by atoms with E-state index in [1.54, 1.807) is 0 Å². The summed E-state index contributed by atoms with van der Waals surface area (Å²) in [5.41, 5.74) is 15.2. The molecule has 0 spiro atoms. The van der Waals surface area contributed by atoms with E-state index in [1.165, 1.54) is 21.8 Å². The lowest BCUT2D eigenvalue weighted by Crippen LogP contribution is -1.95. The monoisotopic (exact) mass is 728 g/mol. The van der Waals surface area contributed by atoms with Crippen LogP contribution in [-0.4, -0.2) is 9.55 Å². The normalized spacial score (nSPS) is 11.9. The molecule has 4 nitrogen and oxygen atoms in total. The molecule has 57 heavy (non-hydrogen) atoms. The predicted octanol–water partition coefficient (Wildman–Crippen LogP) is 14.6. The second-order valence-electron chi connectivity index (χ2n) is 14.7. The fourth-order valence-electron chi connectivity index (χ4n) is 8.80. The van der Waals surface area contributed by atoms with E-state index in [0.29, 0.717) is 0 Å². The second-order valence-corrected chi connectivity index (χ2v) is 14.7. The van der Waals surface area contributed by atoms with Crippen molar-refractivity contribution in [2.75, 3.05) is 0 Å². The molecule has 0 unspecified atom stereocenters. The van der Waals surface area contributed by atoms with Crippen LogP contribution in [0.2, 0.25) is 0 Å². The zero-order valence-corrected chi connectivity index (χ0v) is 30.7. The number of hydrogen-bond donors (Lipinski definition) is 0. The van der Waals surface area contributed by atoms with Crippen molar-refractivity contribution in [3.63, 3.8) is 0 Å². The second kappa shape index (κ2) is 12.4. The lowest BCUT2D eigenvalue weighted by atomic mass is 9.96. The number of rotatable bonds is 5. The summed E-state index contributed by atoms with van der Waals surface area (Å²) in [5.74, 6) is 0. The summed E-state index contributed by atoms with van der Waals surface area (Å²) in [4.78, 5) is 5.36. The van der Waals surface area contributed by atoms with Crippen LogP contribution >= 0.6 is 0 Å². The van der Waals surface area contributed by atoms with Gasteiger partial charge in [-0.25, -0.2) is 4.98 Å². The van der Waals surface area contributed by atoms with Crippen LogP contribution in [0.25, 0.3) is 116 Å². The van der Waals surface area contributed by atoms with Crippen LogP contribution in [0.3, 0.4) is 0 Å².